The lowest BCUT2D eigenvalue weighted by Gasteiger charge is -2.06. The fourth-order valence-electron chi connectivity index (χ4n) is 0.781. The molecule has 0 aliphatic heterocycles. The van der Waals surface area contributed by atoms with Crippen LogP contribution in [0.3, 0.4) is 0 Å². The van der Waals surface area contributed by atoms with Gasteiger partial charge in [0.2, 0.25) is 15.9 Å². The molecule has 5 nitrogen and oxygen atoms in total. The van der Waals surface area contributed by atoms with Crippen LogP contribution in [0.4, 0.5) is 5.69 Å². The van der Waals surface area contributed by atoms with Gasteiger partial charge >= 0.3 is 0 Å². The zero-order chi connectivity index (χ0) is 10.8. The summed E-state index contributed by atoms with van der Waals surface area (Å²) in [5.41, 5.74) is 0.228. The number of methoxy groups -OCH3 is 1. The maximum Gasteiger partial charge on any atom is 0.238 e. The predicted octanol–water partition coefficient (Wildman–Crippen LogP) is 0.462. The Labute approximate surface area is 78.2 Å². The van der Waals surface area contributed by atoms with Crippen LogP contribution in [-0.4, -0.2) is 26.8 Å². The van der Waals surface area contributed by atoms with Gasteiger partial charge in [-0.1, -0.05) is 0 Å². The molecule has 6 heteroatoms. The molecule has 0 radical (unpaired) electrons. The van der Waals surface area contributed by atoms with E-state index >= 15 is 0 Å². The molecule has 0 aromatic carbocycles. The van der Waals surface area contributed by atoms with Crippen LogP contribution in [0.5, 0.6) is 5.88 Å². The average Bonchev–Trinajstić information content (AvgIpc) is 2.06. The fraction of sp³-hybridized carbons (Fsp3) is 0.286. The average molecular weight is 203 g/mol. The van der Waals surface area contributed by atoms with E-state index in [1.54, 1.807) is 0 Å². The van der Waals surface area contributed by atoms with E-state index in [1.807, 2.05) is 0 Å². The predicted molar refractivity (Wildman–Crippen MR) is 49.3 cm³/mol. The van der Waals surface area contributed by atoms with Crippen LogP contribution in [0.1, 0.15) is 1.37 Å². The summed E-state index contributed by atoms with van der Waals surface area (Å²) in [4.78, 5) is 3.69. The van der Waals surface area contributed by atoms with Gasteiger partial charge < -0.3 is 4.74 Å². The molecule has 0 spiro atoms. The highest BCUT2D eigenvalue weighted by molar-refractivity contribution is 7.92. The van der Waals surface area contributed by atoms with E-state index in [1.165, 1.54) is 19.2 Å². The molecule has 1 heterocycles. The van der Waals surface area contributed by atoms with Crippen LogP contribution in [0, 0.1) is 0 Å². The Morgan fingerprint density at radius 1 is 1.69 bits per heavy atom. The lowest BCUT2D eigenvalue weighted by molar-refractivity contribution is 0.400. The third-order valence-corrected chi connectivity index (χ3v) is 1.80. The fourth-order valence-corrected chi connectivity index (χ4v) is 1.34. The number of nitrogens with zero attached hydrogens (tertiary/aromatic N) is 1. The van der Waals surface area contributed by atoms with Gasteiger partial charge in [-0.25, -0.2) is 13.4 Å². The molecule has 1 rings (SSSR count). The Kier molecular flexibility index (Phi) is 2.31. The zero-order valence-corrected chi connectivity index (χ0v) is 8.05. The Balaban J connectivity index is 3.09. The second-order valence-corrected chi connectivity index (χ2v) is 4.12. The monoisotopic (exact) mass is 203 g/mol. The Hall–Kier alpha value is -1.30. The normalized spacial score (nSPS) is 12.0. The first-order valence-corrected chi connectivity index (χ1v) is 5.31. The lowest BCUT2D eigenvalue weighted by atomic mass is 10.4. The van der Waals surface area contributed by atoms with Crippen molar-refractivity contribution in [2.45, 2.75) is 0 Å². The summed E-state index contributed by atoms with van der Waals surface area (Å²) < 4.78 is 36.1. The molecule has 0 fully saturated rings. The van der Waals surface area contributed by atoms with E-state index in [4.69, 9.17) is 6.11 Å². The van der Waals surface area contributed by atoms with Gasteiger partial charge in [0.15, 0.2) is 0 Å². The minimum absolute atomic E-state index is 0.0147. The van der Waals surface area contributed by atoms with Gasteiger partial charge in [0.25, 0.3) is 0 Å². The number of anilines is 1. The topological polar surface area (TPSA) is 68.3 Å². The summed E-state index contributed by atoms with van der Waals surface area (Å²) in [7, 11) is -2.00. The molecule has 0 aliphatic carbocycles. The maximum absolute atomic E-state index is 10.9. The summed E-state index contributed by atoms with van der Waals surface area (Å²) in [5, 5.41) is 0. The van der Waals surface area contributed by atoms with Gasteiger partial charge in [-0.2, -0.15) is 0 Å². The van der Waals surface area contributed by atoms with E-state index < -0.39 is 10.0 Å². The van der Waals surface area contributed by atoms with Crippen LogP contribution >= 0.6 is 0 Å². The molecular weight excluding hydrogens is 192 g/mol. The van der Waals surface area contributed by atoms with Gasteiger partial charge in [-0.05, 0) is 12.1 Å². The van der Waals surface area contributed by atoms with Crippen molar-refractivity contribution in [3.05, 3.63) is 18.3 Å². The van der Waals surface area contributed by atoms with Crippen LogP contribution in [0.25, 0.3) is 0 Å². The second kappa shape index (κ2) is 3.61. The van der Waals surface area contributed by atoms with Crippen molar-refractivity contribution in [2.75, 3.05) is 18.1 Å². The number of ether oxygens (including phenoxy) is 1. The molecule has 1 N–H and O–H groups in total. The van der Waals surface area contributed by atoms with Crippen LogP contribution in [0.15, 0.2) is 18.3 Å². The quantitative estimate of drug-likeness (QED) is 0.775. The second-order valence-electron chi connectivity index (χ2n) is 2.37. The third kappa shape index (κ3) is 2.90. The number of pyridine rings is 1. The largest absolute Gasteiger partial charge is 0.480 e. The molecule has 0 bridgehead atoms. The third-order valence-electron chi connectivity index (χ3n) is 1.21. The number of aromatic nitrogens is 1. The number of hydrogen-bond donors (Lipinski definition) is 1. The molecule has 0 amide bonds. The molecule has 1 aromatic heterocycles. The molecule has 0 saturated heterocycles. The molecular formula is C7H10N2O3S. The Morgan fingerprint density at radius 2 is 2.38 bits per heavy atom. The van der Waals surface area contributed by atoms with Crippen LogP contribution in [0.2, 0.25) is 0 Å². The summed E-state index contributed by atoms with van der Waals surface area (Å²) in [6, 6.07) is 2.80. The highest BCUT2D eigenvalue weighted by atomic mass is 32.2. The van der Waals surface area contributed by atoms with E-state index in [2.05, 4.69) is 9.71 Å². The first kappa shape index (κ1) is 8.31. The SMILES string of the molecule is [2H]c1ccc(NS(C)(=O)=O)c(OC)n1. The van der Waals surface area contributed by atoms with Crippen molar-refractivity contribution < 1.29 is 14.5 Å². The van der Waals surface area contributed by atoms with Crippen molar-refractivity contribution in [1.29, 1.82) is 0 Å². The number of nitrogens with one attached hydrogen (secondary N) is 1. The number of rotatable bonds is 3. The summed E-state index contributed by atoms with van der Waals surface area (Å²) in [6.45, 7) is 0. The van der Waals surface area contributed by atoms with E-state index in [0.29, 0.717) is 0 Å². The highest BCUT2D eigenvalue weighted by Gasteiger charge is 2.07. The minimum Gasteiger partial charge on any atom is -0.480 e. The van der Waals surface area contributed by atoms with Crippen LogP contribution in [-0.2, 0) is 10.0 Å². The Bertz CT molecular complexity index is 433. The van der Waals surface area contributed by atoms with Crippen LogP contribution < -0.4 is 9.46 Å². The molecule has 0 unspecified atom stereocenters. The van der Waals surface area contributed by atoms with Crippen molar-refractivity contribution in [1.82, 2.24) is 4.98 Å². The maximum atomic E-state index is 10.9. The Morgan fingerprint density at radius 3 is 2.92 bits per heavy atom. The van der Waals surface area contributed by atoms with Gasteiger partial charge in [0.05, 0.1) is 14.7 Å². The van der Waals surface area contributed by atoms with Crippen molar-refractivity contribution >= 4 is 15.7 Å². The molecule has 0 saturated carbocycles. The van der Waals surface area contributed by atoms with Crippen molar-refractivity contribution in [2.24, 2.45) is 0 Å². The van der Waals surface area contributed by atoms with Gasteiger partial charge in [0, 0.05) is 6.17 Å². The van der Waals surface area contributed by atoms with E-state index in [9.17, 15) is 8.42 Å². The van der Waals surface area contributed by atoms with Gasteiger partial charge in [-0.3, -0.25) is 4.72 Å². The molecule has 0 aliphatic rings. The lowest BCUT2D eigenvalue weighted by Crippen LogP contribution is -2.10. The first-order valence-electron chi connectivity index (χ1n) is 3.92. The summed E-state index contributed by atoms with van der Waals surface area (Å²) in [6.07, 6.45) is 1.04. The van der Waals surface area contributed by atoms with Gasteiger partial charge in [0.1, 0.15) is 5.69 Å². The highest BCUT2D eigenvalue weighted by Crippen LogP contribution is 2.20. The zero-order valence-electron chi connectivity index (χ0n) is 8.23. The van der Waals surface area contributed by atoms with E-state index in [0.717, 1.165) is 6.26 Å². The number of sulfonamides is 1. The molecule has 1 aromatic rings. The molecule has 13 heavy (non-hydrogen) atoms. The number of hydrogen-bond acceptors (Lipinski definition) is 4. The first-order chi connectivity index (χ1) is 6.42. The molecule has 0 atom stereocenters. The molecule has 72 valence electrons. The van der Waals surface area contributed by atoms with Gasteiger partial charge in [-0.15, -0.1) is 0 Å². The summed E-state index contributed by atoms with van der Waals surface area (Å²) >= 11 is 0. The minimum atomic E-state index is -3.35. The summed E-state index contributed by atoms with van der Waals surface area (Å²) in [5.74, 6) is 0.0860. The standard InChI is InChI=1S/C7H10N2O3S/c1-12-7-6(4-3-5-8-7)9-13(2,10)11/h3-5,9H,1-2H3/i5D. The smallest absolute Gasteiger partial charge is 0.238 e. The van der Waals surface area contributed by atoms with E-state index in [-0.39, 0.29) is 17.7 Å². The van der Waals surface area contributed by atoms with Crippen molar-refractivity contribution in [3.8, 4) is 5.88 Å². The van der Waals surface area contributed by atoms with Crippen molar-refractivity contribution in [3.63, 3.8) is 0 Å².